The maximum absolute atomic E-state index is 12.2. The molecule has 0 fully saturated rings. The van der Waals surface area contributed by atoms with E-state index in [0.29, 0.717) is 19.7 Å². The summed E-state index contributed by atoms with van der Waals surface area (Å²) in [6.45, 7) is 7.42. The molecule has 1 rings (SSSR count). The molecule has 0 amide bonds. The third kappa shape index (κ3) is 4.10. The smallest absolute Gasteiger partial charge is 0.332 e. The summed E-state index contributed by atoms with van der Waals surface area (Å²) in [6.07, 6.45) is 1.73. The molecule has 0 aliphatic heterocycles. The molecule has 0 saturated carbocycles. The molecule has 0 spiro atoms. The van der Waals surface area contributed by atoms with E-state index >= 15 is 0 Å². The Morgan fingerprint density at radius 2 is 2.00 bits per heavy atom. The van der Waals surface area contributed by atoms with Crippen molar-refractivity contribution in [2.24, 2.45) is 7.05 Å². The highest BCUT2D eigenvalue weighted by atomic mass is 16.5. The fourth-order valence-electron chi connectivity index (χ4n) is 2.07. The summed E-state index contributed by atoms with van der Waals surface area (Å²) in [5.41, 5.74) is 5.48. The number of rotatable bonds is 8. The summed E-state index contributed by atoms with van der Waals surface area (Å²) < 4.78 is 7.94. The molecule has 0 saturated heterocycles. The number of ether oxygens (including phenoxy) is 1. The van der Waals surface area contributed by atoms with Gasteiger partial charge >= 0.3 is 5.69 Å². The largest absolute Gasteiger partial charge is 0.383 e. The fourth-order valence-corrected chi connectivity index (χ4v) is 2.07. The van der Waals surface area contributed by atoms with E-state index in [-0.39, 0.29) is 23.3 Å². The topological polar surface area (TPSA) is 91.3 Å². The first-order valence-electron chi connectivity index (χ1n) is 7.38. The lowest BCUT2D eigenvalue weighted by molar-refractivity contribution is 0.0855. The Balaban J connectivity index is 3.11. The zero-order valence-electron chi connectivity index (χ0n) is 13.3. The quantitative estimate of drug-likeness (QED) is 0.739. The van der Waals surface area contributed by atoms with Crippen LogP contribution in [0.1, 0.15) is 33.6 Å². The first-order valence-corrected chi connectivity index (χ1v) is 7.38. The van der Waals surface area contributed by atoms with Crippen LogP contribution in [0.5, 0.6) is 0 Å². The minimum absolute atomic E-state index is 0.0462. The Morgan fingerprint density at radius 1 is 1.33 bits per heavy atom. The van der Waals surface area contributed by atoms with Crippen molar-refractivity contribution < 1.29 is 4.74 Å². The van der Waals surface area contributed by atoms with E-state index in [1.807, 2.05) is 20.8 Å². The zero-order chi connectivity index (χ0) is 16.0. The molecule has 7 nitrogen and oxygen atoms in total. The van der Waals surface area contributed by atoms with Gasteiger partial charge in [0.25, 0.3) is 5.56 Å². The van der Waals surface area contributed by atoms with Crippen LogP contribution < -0.4 is 22.3 Å². The Kier molecular flexibility index (Phi) is 6.48. The van der Waals surface area contributed by atoms with Gasteiger partial charge in [0.1, 0.15) is 11.5 Å². The maximum atomic E-state index is 12.2. The lowest BCUT2D eigenvalue weighted by atomic mass is 10.3. The summed E-state index contributed by atoms with van der Waals surface area (Å²) in [5, 5.41) is 3.01. The summed E-state index contributed by atoms with van der Waals surface area (Å²) in [5.74, 6) is 0.195. The molecule has 0 radical (unpaired) electrons. The van der Waals surface area contributed by atoms with Gasteiger partial charge in [0.15, 0.2) is 0 Å². The number of nitrogens with two attached hydrogens (primary N) is 1. The SMILES string of the molecule is CCCCn1c(N)c(NCC(C)OCC)c(=O)n(C)c1=O. The predicted molar refractivity (Wildman–Crippen MR) is 84.8 cm³/mol. The van der Waals surface area contributed by atoms with Crippen LogP contribution in [0, 0.1) is 0 Å². The number of hydrogen-bond acceptors (Lipinski definition) is 5. The van der Waals surface area contributed by atoms with Crippen molar-refractivity contribution in [2.75, 3.05) is 24.2 Å². The van der Waals surface area contributed by atoms with Crippen LogP contribution in [0.15, 0.2) is 9.59 Å². The van der Waals surface area contributed by atoms with E-state index < -0.39 is 5.56 Å². The Labute approximate surface area is 124 Å². The van der Waals surface area contributed by atoms with Crippen LogP contribution in [0.25, 0.3) is 0 Å². The van der Waals surface area contributed by atoms with Crippen LogP contribution in [0.4, 0.5) is 11.5 Å². The van der Waals surface area contributed by atoms with Gasteiger partial charge < -0.3 is 15.8 Å². The molecule has 0 bridgehead atoms. The van der Waals surface area contributed by atoms with E-state index in [9.17, 15) is 9.59 Å². The van der Waals surface area contributed by atoms with Gasteiger partial charge in [-0.2, -0.15) is 0 Å². The van der Waals surface area contributed by atoms with Gasteiger partial charge in [-0.15, -0.1) is 0 Å². The molecule has 120 valence electrons. The van der Waals surface area contributed by atoms with E-state index in [1.165, 1.54) is 11.6 Å². The second kappa shape index (κ2) is 7.87. The second-order valence-electron chi connectivity index (χ2n) is 5.06. The highest BCUT2D eigenvalue weighted by Gasteiger charge is 2.15. The van der Waals surface area contributed by atoms with E-state index in [0.717, 1.165) is 17.4 Å². The summed E-state index contributed by atoms with van der Waals surface area (Å²) in [6, 6.07) is 0. The number of nitrogen functional groups attached to an aromatic ring is 1. The Bertz CT molecular complexity index is 577. The van der Waals surface area contributed by atoms with E-state index in [1.54, 1.807) is 0 Å². The third-order valence-electron chi connectivity index (χ3n) is 3.34. The molecule has 0 aromatic carbocycles. The summed E-state index contributed by atoms with van der Waals surface area (Å²) in [7, 11) is 1.46. The monoisotopic (exact) mass is 298 g/mol. The van der Waals surface area contributed by atoms with Crippen LogP contribution in [-0.2, 0) is 18.3 Å². The highest BCUT2D eigenvalue weighted by Crippen LogP contribution is 2.11. The number of nitrogens with one attached hydrogen (secondary N) is 1. The van der Waals surface area contributed by atoms with E-state index in [2.05, 4.69) is 5.32 Å². The number of nitrogens with zero attached hydrogens (tertiary/aromatic N) is 2. The standard InChI is InChI=1S/C14H26N4O3/c1-5-7-8-18-12(15)11(13(19)17(4)14(18)20)16-9-10(3)21-6-2/h10,16H,5-9,15H2,1-4H3. The molecule has 1 unspecified atom stereocenters. The Morgan fingerprint density at radius 3 is 2.57 bits per heavy atom. The van der Waals surface area contributed by atoms with Crippen molar-refractivity contribution in [2.45, 2.75) is 46.3 Å². The van der Waals surface area contributed by atoms with Gasteiger partial charge in [0, 0.05) is 26.7 Å². The minimum Gasteiger partial charge on any atom is -0.383 e. The molecular weight excluding hydrogens is 272 g/mol. The molecule has 1 atom stereocenters. The lowest BCUT2D eigenvalue weighted by Crippen LogP contribution is -2.41. The molecule has 21 heavy (non-hydrogen) atoms. The normalized spacial score (nSPS) is 12.4. The fraction of sp³-hybridized carbons (Fsp3) is 0.714. The van der Waals surface area contributed by atoms with Crippen molar-refractivity contribution >= 4 is 11.5 Å². The number of anilines is 2. The summed E-state index contributed by atoms with van der Waals surface area (Å²) >= 11 is 0. The van der Waals surface area contributed by atoms with Crippen LogP contribution in [-0.4, -0.2) is 28.4 Å². The van der Waals surface area contributed by atoms with Gasteiger partial charge in [-0.25, -0.2) is 4.79 Å². The van der Waals surface area contributed by atoms with Gasteiger partial charge in [-0.05, 0) is 20.3 Å². The van der Waals surface area contributed by atoms with Crippen molar-refractivity contribution in [1.29, 1.82) is 0 Å². The number of hydrogen-bond donors (Lipinski definition) is 2. The first kappa shape index (κ1) is 17.3. The molecule has 0 aliphatic carbocycles. The summed E-state index contributed by atoms with van der Waals surface area (Å²) in [4.78, 5) is 24.3. The minimum atomic E-state index is -0.408. The molecule has 7 heteroatoms. The van der Waals surface area contributed by atoms with Crippen LogP contribution in [0.3, 0.4) is 0 Å². The molecule has 1 aromatic rings. The maximum Gasteiger partial charge on any atom is 0.332 e. The average molecular weight is 298 g/mol. The Hall–Kier alpha value is -1.76. The molecule has 1 aromatic heterocycles. The van der Waals surface area contributed by atoms with Crippen molar-refractivity contribution in [3.8, 4) is 0 Å². The van der Waals surface area contributed by atoms with Crippen LogP contribution >= 0.6 is 0 Å². The average Bonchev–Trinajstić information content (AvgIpc) is 2.45. The zero-order valence-corrected chi connectivity index (χ0v) is 13.3. The van der Waals surface area contributed by atoms with Crippen molar-refractivity contribution in [1.82, 2.24) is 9.13 Å². The van der Waals surface area contributed by atoms with Crippen molar-refractivity contribution in [3.05, 3.63) is 20.8 Å². The molecule has 0 aliphatic rings. The molecular formula is C14H26N4O3. The number of unbranched alkanes of at least 4 members (excludes halogenated alkanes) is 1. The molecule has 1 heterocycles. The number of aromatic nitrogens is 2. The van der Waals surface area contributed by atoms with Gasteiger partial charge in [0.2, 0.25) is 0 Å². The van der Waals surface area contributed by atoms with Crippen molar-refractivity contribution in [3.63, 3.8) is 0 Å². The lowest BCUT2D eigenvalue weighted by Gasteiger charge is -2.18. The van der Waals surface area contributed by atoms with Gasteiger partial charge in [-0.3, -0.25) is 13.9 Å². The van der Waals surface area contributed by atoms with Gasteiger partial charge in [-0.1, -0.05) is 13.3 Å². The highest BCUT2D eigenvalue weighted by molar-refractivity contribution is 5.60. The third-order valence-corrected chi connectivity index (χ3v) is 3.34. The first-order chi connectivity index (χ1) is 9.93. The van der Waals surface area contributed by atoms with E-state index in [4.69, 9.17) is 10.5 Å². The predicted octanol–water partition coefficient (Wildman–Crippen LogP) is 0.766. The van der Waals surface area contributed by atoms with Crippen LogP contribution in [0.2, 0.25) is 0 Å². The molecule has 3 N–H and O–H groups in total. The van der Waals surface area contributed by atoms with Gasteiger partial charge in [0.05, 0.1) is 6.10 Å². The second-order valence-corrected chi connectivity index (χ2v) is 5.06.